The third-order valence-corrected chi connectivity index (χ3v) is 7.44. The topological polar surface area (TPSA) is 258 Å². The molecule has 262 valence electrons. The second kappa shape index (κ2) is 24.0. The summed E-state index contributed by atoms with van der Waals surface area (Å²) < 4.78 is 28.0. The molecule has 0 saturated carbocycles. The van der Waals surface area contributed by atoms with E-state index in [9.17, 15) is 8.78 Å². The Morgan fingerprint density at radius 3 is 1.39 bits per heavy atom. The van der Waals surface area contributed by atoms with Crippen molar-refractivity contribution in [1.29, 1.82) is 0 Å². The quantitative estimate of drug-likeness (QED) is 0.0724. The molecule has 0 unspecified atom stereocenters. The fourth-order valence-corrected chi connectivity index (χ4v) is 4.86. The average Bonchev–Trinajstić information content (AvgIpc) is 3.04. The fourth-order valence-electron chi connectivity index (χ4n) is 3.23. The number of halogens is 5. The summed E-state index contributed by atoms with van der Waals surface area (Å²) in [7, 11) is 0. The van der Waals surface area contributed by atoms with Crippen LogP contribution in [0.15, 0.2) is 115 Å². The van der Waals surface area contributed by atoms with Crippen LogP contribution in [0.5, 0.6) is 0 Å². The van der Waals surface area contributed by atoms with Crippen LogP contribution in [-0.2, 0) is 26.2 Å². The zero-order chi connectivity index (χ0) is 36.8. The van der Waals surface area contributed by atoms with E-state index in [0.717, 1.165) is 26.7 Å². The van der Waals surface area contributed by atoms with E-state index in [1.165, 1.54) is 21.8 Å². The molecule has 4 rings (SSSR count). The summed E-state index contributed by atoms with van der Waals surface area (Å²) in [6.07, 6.45) is 0. The van der Waals surface area contributed by atoms with Crippen LogP contribution in [-0.4, -0.2) is 23.8 Å². The molecule has 0 radical (unpaired) electrons. The summed E-state index contributed by atoms with van der Waals surface area (Å²) in [6, 6.07) is 26.7. The molecule has 12 nitrogen and oxygen atoms in total. The van der Waals surface area contributed by atoms with Gasteiger partial charge in [-0.25, -0.2) is 28.8 Å². The fraction of sp³-hybridized carbons (Fsp3) is 0.125. The van der Waals surface area contributed by atoms with Crippen LogP contribution in [0.2, 0.25) is 0 Å². The molecule has 4 aromatic carbocycles. The standard InChI is InChI=1S/C8H10BrN3.C8H9FIN3.C8H10FN3.C8H10IN3/c9-7-3-1-2-6(4-7)5-12-8(10)11;9-6-2-1-5(3-7(6)10)4-13-8(11)12;9-7-3-1-6(2-4-7)5-12-8(10)11;9-7-3-1-2-6(4-7)5-12-8(10)11/h1-4H,5H2,(H4,10,11,12);1-3H,4H2,(H4,11,12,13);2*1-4H,5H2,(H4,10,11,12)/i9-4;2*9-1;9-4. The molecule has 0 heterocycles. The molecule has 0 saturated heterocycles. The maximum Gasteiger partial charge on any atom is 0.186 e. The van der Waals surface area contributed by atoms with Gasteiger partial charge < -0.3 is 45.9 Å². The van der Waals surface area contributed by atoms with E-state index in [0.29, 0.717) is 29.7 Å². The van der Waals surface area contributed by atoms with E-state index in [2.05, 4.69) is 58.5 Å². The maximum atomic E-state index is 12.8. The van der Waals surface area contributed by atoms with Crippen LogP contribution in [0.1, 0.15) is 22.3 Å². The summed E-state index contributed by atoms with van der Waals surface area (Å²) in [5.74, 6) is -0.153. The molecule has 0 atom stereocenters. The van der Waals surface area contributed by atoms with Crippen molar-refractivity contribution < 1.29 is 8.78 Å². The molecule has 0 aliphatic rings. The number of aliphatic imine (C=N–C) groups is 4. The number of benzene rings is 4. The molecule has 0 fully saturated rings. The molecule has 17 heteroatoms. The van der Waals surface area contributed by atoms with Crippen molar-refractivity contribution in [3.8, 4) is 0 Å². The van der Waals surface area contributed by atoms with E-state index in [1.54, 1.807) is 24.3 Å². The van der Waals surface area contributed by atoms with E-state index in [4.69, 9.17) is 45.9 Å². The second-order valence-electron chi connectivity index (χ2n) is 9.60. The van der Waals surface area contributed by atoms with Gasteiger partial charge in [-0.15, -0.1) is 0 Å². The Hall–Kier alpha value is -4.24. The summed E-state index contributed by atoms with van der Waals surface area (Å²) >= 11 is 7.53. The molecular weight excluding hydrogens is 914 g/mol. The second-order valence-corrected chi connectivity index (χ2v) is 12.9. The highest BCUT2D eigenvalue weighted by atomic mass is 127. The molecule has 0 bridgehead atoms. The van der Waals surface area contributed by atoms with Crippen LogP contribution < -0.4 is 45.9 Å². The third kappa shape index (κ3) is 22.1. The van der Waals surface area contributed by atoms with Crippen LogP contribution in [0.25, 0.3) is 0 Å². The lowest BCUT2D eigenvalue weighted by molar-refractivity contribution is 0.619. The van der Waals surface area contributed by atoms with Gasteiger partial charge in [0, 0.05) is 11.6 Å². The van der Waals surface area contributed by atoms with Gasteiger partial charge in [-0.3, -0.25) is 0 Å². The predicted octanol–water partition coefficient (Wildman–Crippen LogP) is 4.09. The van der Waals surface area contributed by atoms with Gasteiger partial charge in [0.2, 0.25) is 0 Å². The number of nitrogens with zero attached hydrogens (tertiary/aromatic N) is 4. The minimum atomic E-state index is -0.261. The Kier molecular flexibility index (Phi) is 20.9. The Morgan fingerprint density at radius 1 is 0.551 bits per heavy atom. The Morgan fingerprint density at radius 2 is 0.959 bits per heavy atom. The smallest absolute Gasteiger partial charge is 0.186 e. The van der Waals surface area contributed by atoms with Crippen LogP contribution >= 0.6 is 61.1 Å². The first-order chi connectivity index (χ1) is 23.1. The Balaban J connectivity index is 0.000000327. The van der Waals surface area contributed by atoms with Gasteiger partial charge in [-0.05, 0) is 116 Å². The maximum absolute atomic E-state index is 12.8. The average molecular weight is 953 g/mol. The van der Waals surface area contributed by atoms with Gasteiger partial charge in [0.05, 0.1) is 26.2 Å². The first kappa shape index (κ1) is 42.8. The normalized spacial score (nSPS) is 9.49. The van der Waals surface area contributed by atoms with Crippen molar-refractivity contribution in [3.05, 3.63) is 136 Å². The van der Waals surface area contributed by atoms with Gasteiger partial charge in [0.1, 0.15) is 11.6 Å². The van der Waals surface area contributed by atoms with Crippen molar-refractivity contribution in [2.45, 2.75) is 26.2 Å². The zero-order valence-corrected chi connectivity index (χ0v) is 32.2. The van der Waals surface area contributed by atoms with Crippen LogP contribution in [0, 0.1) is 18.8 Å². The molecule has 16 N–H and O–H groups in total. The molecule has 0 aliphatic carbocycles. The molecule has 4 aromatic rings. The highest BCUT2D eigenvalue weighted by Crippen LogP contribution is 2.14. The lowest BCUT2D eigenvalue weighted by atomic mass is 10.2. The molecular formula is C32H39BrF2I2N12. The van der Waals surface area contributed by atoms with Crippen molar-refractivity contribution in [2.24, 2.45) is 65.8 Å². The monoisotopic (exact) mass is 953 g/mol. The molecule has 0 aromatic heterocycles. The van der Waals surface area contributed by atoms with Crippen molar-refractivity contribution >= 4 is 84.9 Å². The number of hydrogen-bond donors (Lipinski definition) is 8. The summed E-state index contributed by atoms with van der Waals surface area (Å²) in [5.41, 5.74) is 45.3. The van der Waals surface area contributed by atoms with Gasteiger partial charge in [0.15, 0.2) is 23.8 Å². The third-order valence-electron chi connectivity index (χ3n) is 5.45. The molecule has 49 heavy (non-hydrogen) atoms. The Labute approximate surface area is 320 Å². The highest BCUT2D eigenvalue weighted by Gasteiger charge is 1.99. The first-order valence-electron chi connectivity index (χ1n) is 14.0. The highest BCUT2D eigenvalue weighted by molar-refractivity contribution is 14.1. The van der Waals surface area contributed by atoms with Crippen molar-refractivity contribution in [2.75, 3.05) is 0 Å². The van der Waals surface area contributed by atoms with E-state index in [-0.39, 0.29) is 35.5 Å². The van der Waals surface area contributed by atoms with Crippen LogP contribution in [0.4, 0.5) is 8.78 Å². The van der Waals surface area contributed by atoms with E-state index in [1.807, 2.05) is 71.1 Å². The predicted molar refractivity (Wildman–Crippen MR) is 217 cm³/mol. The number of guanidine groups is 4. The zero-order valence-electron chi connectivity index (χ0n) is 26.3. The number of nitrogens with two attached hydrogens (primary N) is 8. The minimum Gasteiger partial charge on any atom is -0.370 e. The van der Waals surface area contributed by atoms with Crippen molar-refractivity contribution in [3.63, 3.8) is 0 Å². The minimum absolute atomic E-state index is 0.0410. The van der Waals surface area contributed by atoms with Gasteiger partial charge in [-0.1, -0.05) is 58.4 Å². The lowest BCUT2D eigenvalue weighted by Crippen LogP contribution is -2.22. The van der Waals surface area contributed by atoms with Crippen LogP contribution in [0.3, 0.4) is 0 Å². The largest absolute Gasteiger partial charge is 0.370 e. The molecule has 0 aliphatic heterocycles. The summed E-state index contributed by atoms with van der Waals surface area (Å²) in [5, 5.41) is 0. The summed E-state index contributed by atoms with van der Waals surface area (Å²) in [6.45, 7) is 1.86. The number of rotatable bonds is 8. The summed E-state index contributed by atoms with van der Waals surface area (Å²) in [4.78, 5) is 15.4. The van der Waals surface area contributed by atoms with E-state index >= 15 is 0 Å². The van der Waals surface area contributed by atoms with Gasteiger partial charge >= 0.3 is 0 Å². The Bertz CT molecular complexity index is 1640. The lowest BCUT2D eigenvalue weighted by Gasteiger charge is -1.99. The SMILES string of the molecule is NC(N)=NCc1ccc([18F])c(I)c1.NC(N)=NCc1ccc([18F])cc1.NC(N)=NCc1cccc([123I])c1.NC(N)=NCc1cccc([76Br])c1. The molecule has 0 spiro atoms. The number of hydrogen-bond acceptors (Lipinski definition) is 4. The first-order valence-corrected chi connectivity index (χ1v) is 17.0. The van der Waals surface area contributed by atoms with Gasteiger partial charge in [0.25, 0.3) is 0 Å². The molecule has 0 amide bonds. The van der Waals surface area contributed by atoms with Gasteiger partial charge in [-0.2, -0.15) is 0 Å². The van der Waals surface area contributed by atoms with E-state index < -0.39 is 0 Å². The van der Waals surface area contributed by atoms with Crippen molar-refractivity contribution in [1.82, 2.24) is 0 Å².